The lowest BCUT2D eigenvalue weighted by Crippen LogP contribution is -2.39. The molecule has 1 aliphatic heterocycles. The first-order valence-corrected chi connectivity index (χ1v) is 7.19. The summed E-state index contributed by atoms with van der Waals surface area (Å²) in [5.74, 6) is 4.17. The van der Waals surface area contributed by atoms with Gasteiger partial charge < -0.3 is 10.3 Å². The number of nitrogen functional groups attached to an aromatic ring is 1. The van der Waals surface area contributed by atoms with E-state index < -0.39 is 17.3 Å². The van der Waals surface area contributed by atoms with Crippen molar-refractivity contribution in [2.75, 3.05) is 18.5 Å². The Balaban J connectivity index is 2.11. The number of nitrogens with zero attached hydrogens (tertiary/aromatic N) is 1. The first-order chi connectivity index (χ1) is 9.93. The number of nitrogens with one attached hydrogen (secondary N) is 1. The third-order valence-electron chi connectivity index (χ3n) is 4.20. The zero-order chi connectivity index (χ0) is 15.6. The van der Waals surface area contributed by atoms with Gasteiger partial charge in [0.1, 0.15) is 5.69 Å². The normalized spacial score (nSPS) is 16.4. The number of likely N-dealkylation sites (tertiary alicyclic amines) is 1. The average molecular weight is 297 g/mol. The number of rotatable bonds is 3. The van der Waals surface area contributed by atoms with Crippen molar-refractivity contribution in [3.8, 4) is 0 Å². The van der Waals surface area contributed by atoms with E-state index in [4.69, 9.17) is 5.84 Å². The molecule has 0 aliphatic carbocycles. The fourth-order valence-electron chi connectivity index (χ4n) is 2.79. The van der Waals surface area contributed by atoms with Crippen molar-refractivity contribution in [1.82, 2.24) is 4.90 Å². The molecule has 1 aromatic rings. The number of benzene rings is 1. The highest BCUT2D eigenvalue weighted by atomic mass is 19.1. The summed E-state index contributed by atoms with van der Waals surface area (Å²) < 4.78 is 27.3. The predicted octanol–water partition coefficient (Wildman–Crippen LogP) is 2.76. The van der Waals surface area contributed by atoms with E-state index in [2.05, 4.69) is 13.8 Å². The van der Waals surface area contributed by atoms with Crippen molar-refractivity contribution in [3.63, 3.8) is 0 Å². The molecule has 0 spiro atoms. The summed E-state index contributed by atoms with van der Waals surface area (Å²) in [5, 5.41) is 0. The fraction of sp³-hybridized carbons (Fsp3) is 0.533. The lowest BCUT2D eigenvalue weighted by Gasteiger charge is -2.34. The molecule has 2 rings (SSSR count). The van der Waals surface area contributed by atoms with Gasteiger partial charge in [-0.3, -0.25) is 10.6 Å². The molecule has 1 amide bonds. The molecule has 0 saturated carbocycles. The Morgan fingerprint density at radius 1 is 1.29 bits per heavy atom. The SMILES string of the molecule is CC(C)C1CCN(C(=O)c2cc(F)c(NN)c(F)c2)CC1. The van der Waals surface area contributed by atoms with Gasteiger partial charge in [0.15, 0.2) is 11.6 Å². The topological polar surface area (TPSA) is 58.4 Å². The van der Waals surface area contributed by atoms with Crippen LogP contribution in [0.15, 0.2) is 12.1 Å². The molecule has 0 unspecified atom stereocenters. The van der Waals surface area contributed by atoms with Crippen LogP contribution in [0.5, 0.6) is 0 Å². The number of hydrogen-bond acceptors (Lipinski definition) is 3. The molecule has 0 radical (unpaired) electrons. The Hall–Kier alpha value is -1.69. The van der Waals surface area contributed by atoms with E-state index in [1.54, 1.807) is 4.90 Å². The number of hydrogen-bond donors (Lipinski definition) is 2. The van der Waals surface area contributed by atoms with Crippen LogP contribution in [0.1, 0.15) is 37.0 Å². The van der Waals surface area contributed by atoms with Gasteiger partial charge in [0.25, 0.3) is 5.91 Å². The second-order valence-electron chi connectivity index (χ2n) is 5.83. The van der Waals surface area contributed by atoms with Crippen molar-refractivity contribution in [1.29, 1.82) is 0 Å². The van der Waals surface area contributed by atoms with Gasteiger partial charge >= 0.3 is 0 Å². The number of carbonyl (C=O) groups excluding carboxylic acids is 1. The second kappa shape index (κ2) is 6.39. The number of piperidine rings is 1. The average Bonchev–Trinajstić information content (AvgIpc) is 2.46. The molecule has 0 atom stereocenters. The third-order valence-corrected chi connectivity index (χ3v) is 4.20. The maximum Gasteiger partial charge on any atom is 0.254 e. The van der Waals surface area contributed by atoms with E-state index in [1.807, 2.05) is 5.43 Å². The largest absolute Gasteiger partial charge is 0.339 e. The van der Waals surface area contributed by atoms with Crippen molar-refractivity contribution in [2.45, 2.75) is 26.7 Å². The van der Waals surface area contributed by atoms with Gasteiger partial charge in [0.2, 0.25) is 0 Å². The Bertz CT molecular complexity index is 503. The number of nitrogens with two attached hydrogens (primary N) is 1. The monoisotopic (exact) mass is 297 g/mol. The van der Waals surface area contributed by atoms with Crippen LogP contribution in [0.2, 0.25) is 0 Å². The van der Waals surface area contributed by atoms with Crippen LogP contribution < -0.4 is 11.3 Å². The molecule has 1 aromatic carbocycles. The van der Waals surface area contributed by atoms with Gasteiger partial charge in [0, 0.05) is 18.7 Å². The van der Waals surface area contributed by atoms with Gasteiger partial charge in [-0.1, -0.05) is 13.8 Å². The zero-order valence-corrected chi connectivity index (χ0v) is 12.3. The van der Waals surface area contributed by atoms with Crippen molar-refractivity contribution in [3.05, 3.63) is 29.3 Å². The molecule has 3 N–H and O–H groups in total. The zero-order valence-electron chi connectivity index (χ0n) is 12.3. The first kappa shape index (κ1) is 15.7. The predicted molar refractivity (Wildman–Crippen MR) is 77.6 cm³/mol. The van der Waals surface area contributed by atoms with Gasteiger partial charge in [-0.05, 0) is 36.8 Å². The molecular weight excluding hydrogens is 276 g/mol. The number of anilines is 1. The number of halogens is 2. The van der Waals surface area contributed by atoms with Crippen LogP contribution in [0.3, 0.4) is 0 Å². The summed E-state index contributed by atoms with van der Waals surface area (Å²) in [6, 6.07) is 2.05. The van der Waals surface area contributed by atoms with Gasteiger partial charge in [0.05, 0.1) is 0 Å². The summed E-state index contributed by atoms with van der Waals surface area (Å²) >= 11 is 0. The van der Waals surface area contributed by atoms with Crippen LogP contribution >= 0.6 is 0 Å². The van der Waals surface area contributed by atoms with Crippen LogP contribution in [0, 0.1) is 23.5 Å². The van der Waals surface area contributed by atoms with Gasteiger partial charge in [-0.25, -0.2) is 8.78 Å². The van der Waals surface area contributed by atoms with Crippen LogP contribution in [0.4, 0.5) is 14.5 Å². The fourth-order valence-corrected chi connectivity index (χ4v) is 2.79. The quantitative estimate of drug-likeness (QED) is 0.666. The Morgan fingerprint density at radius 2 is 1.81 bits per heavy atom. The van der Waals surface area contributed by atoms with E-state index in [0.29, 0.717) is 24.9 Å². The van der Waals surface area contributed by atoms with Crippen molar-refractivity contribution >= 4 is 11.6 Å². The molecule has 21 heavy (non-hydrogen) atoms. The molecule has 0 aromatic heterocycles. The molecule has 1 fully saturated rings. The smallest absolute Gasteiger partial charge is 0.254 e. The van der Waals surface area contributed by atoms with Gasteiger partial charge in [-0.2, -0.15) is 0 Å². The number of hydrazine groups is 1. The summed E-state index contributed by atoms with van der Waals surface area (Å²) in [7, 11) is 0. The van der Waals surface area contributed by atoms with Crippen LogP contribution in [-0.2, 0) is 0 Å². The lowest BCUT2D eigenvalue weighted by molar-refractivity contribution is 0.0666. The summed E-state index contributed by atoms with van der Waals surface area (Å²) in [4.78, 5) is 14.0. The molecule has 1 heterocycles. The molecule has 116 valence electrons. The van der Waals surface area contributed by atoms with E-state index in [1.165, 1.54) is 0 Å². The number of carbonyl (C=O) groups is 1. The van der Waals surface area contributed by atoms with E-state index >= 15 is 0 Å². The highest BCUT2D eigenvalue weighted by Gasteiger charge is 2.26. The minimum absolute atomic E-state index is 0.0204. The standard InChI is InChI=1S/C15H21F2N3O/c1-9(2)10-3-5-20(6-4-10)15(21)11-7-12(16)14(19-18)13(17)8-11/h7-10,19H,3-6,18H2,1-2H3. The summed E-state index contributed by atoms with van der Waals surface area (Å²) in [6.45, 7) is 5.60. The van der Waals surface area contributed by atoms with Crippen molar-refractivity contribution in [2.24, 2.45) is 17.7 Å². The number of amides is 1. The minimum Gasteiger partial charge on any atom is -0.339 e. The molecule has 4 nitrogen and oxygen atoms in total. The maximum absolute atomic E-state index is 13.7. The molecule has 6 heteroatoms. The molecule has 1 aliphatic rings. The minimum atomic E-state index is -0.863. The van der Waals surface area contributed by atoms with Crippen molar-refractivity contribution < 1.29 is 13.6 Å². The van der Waals surface area contributed by atoms with Crippen LogP contribution in [0.25, 0.3) is 0 Å². The van der Waals surface area contributed by atoms with E-state index in [0.717, 1.165) is 25.0 Å². The van der Waals surface area contributed by atoms with E-state index in [-0.39, 0.29) is 11.5 Å². The Labute approximate surface area is 123 Å². The third kappa shape index (κ3) is 3.32. The first-order valence-electron chi connectivity index (χ1n) is 7.19. The van der Waals surface area contributed by atoms with Crippen LogP contribution in [-0.4, -0.2) is 23.9 Å². The Morgan fingerprint density at radius 3 is 2.24 bits per heavy atom. The molecular formula is C15H21F2N3O. The maximum atomic E-state index is 13.7. The van der Waals surface area contributed by atoms with E-state index in [9.17, 15) is 13.6 Å². The molecule has 0 bridgehead atoms. The molecule has 1 saturated heterocycles. The summed E-state index contributed by atoms with van der Waals surface area (Å²) in [5.41, 5.74) is 1.55. The Kier molecular flexibility index (Phi) is 4.77. The highest BCUT2D eigenvalue weighted by molar-refractivity contribution is 5.94. The highest BCUT2D eigenvalue weighted by Crippen LogP contribution is 2.26. The second-order valence-corrected chi connectivity index (χ2v) is 5.83. The lowest BCUT2D eigenvalue weighted by atomic mass is 9.86. The summed E-state index contributed by atoms with van der Waals surface area (Å²) in [6.07, 6.45) is 1.85. The van der Waals surface area contributed by atoms with Gasteiger partial charge in [-0.15, -0.1) is 0 Å².